The van der Waals surface area contributed by atoms with Gasteiger partial charge in [0.1, 0.15) is 22.9 Å². The summed E-state index contributed by atoms with van der Waals surface area (Å²) in [6, 6.07) is 13.1. The predicted molar refractivity (Wildman–Crippen MR) is 133 cm³/mol. The Morgan fingerprint density at radius 2 is 1.83 bits per heavy atom. The molecular formula is C24H21ClN6O3S. The van der Waals surface area contributed by atoms with Crippen LogP contribution in [0.15, 0.2) is 60.2 Å². The highest BCUT2D eigenvalue weighted by atomic mass is 35.5. The summed E-state index contributed by atoms with van der Waals surface area (Å²) >= 11 is 7.38. The number of halogens is 1. The van der Waals surface area contributed by atoms with E-state index in [2.05, 4.69) is 20.6 Å². The van der Waals surface area contributed by atoms with Crippen LogP contribution >= 0.6 is 22.9 Å². The Kier molecular flexibility index (Phi) is 6.39. The Morgan fingerprint density at radius 1 is 1.09 bits per heavy atom. The van der Waals surface area contributed by atoms with Gasteiger partial charge in [0, 0.05) is 28.2 Å². The van der Waals surface area contributed by atoms with E-state index in [1.165, 1.54) is 11.3 Å². The summed E-state index contributed by atoms with van der Waals surface area (Å²) < 4.78 is 14.1. The number of benzene rings is 2. The standard InChI is InChI=1S/C24H21ClN6O3S/c1-33-19-7-15(8-20(9-19)34-2)11-30-12-18(28-29-30)10-26-23(32)22-14-35-24-27-21(13-31(22)24)16-3-5-17(25)6-4-16/h3-9,12-14H,10-11H2,1-2H3,(H,26,32). The maximum atomic E-state index is 12.9. The van der Waals surface area contributed by atoms with Crippen LogP contribution in [0.1, 0.15) is 21.7 Å². The zero-order valence-electron chi connectivity index (χ0n) is 18.9. The second-order valence-electron chi connectivity index (χ2n) is 7.72. The fourth-order valence-corrected chi connectivity index (χ4v) is 4.59. The molecule has 35 heavy (non-hydrogen) atoms. The number of imidazole rings is 1. The molecule has 0 aliphatic carbocycles. The van der Waals surface area contributed by atoms with Gasteiger partial charge in [-0.25, -0.2) is 9.67 Å². The summed E-state index contributed by atoms with van der Waals surface area (Å²) in [4.78, 5) is 18.2. The lowest BCUT2D eigenvalue weighted by molar-refractivity contribution is 0.0945. The van der Waals surface area contributed by atoms with Crippen molar-refractivity contribution in [1.82, 2.24) is 29.7 Å². The molecule has 0 saturated heterocycles. The van der Waals surface area contributed by atoms with Crippen molar-refractivity contribution < 1.29 is 14.3 Å². The predicted octanol–water partition coefficient (Wildman–Crippen LogP) is 4.30. The minimum Gasteiger partial charge on any atom is -0.497 e. The van der Waals surface area contributed by atoms with Crippen LogP contribution in [-0.4, -0.2) is 44.5 Å². The third kappa shape index (κ3) is 4.98. The summed E-state index contributed by atoms with van der Waals surface area (Å²) in [5.74, 6) is 1.18. The molecule has 0 radical (unpaired) electrons. The number of carbonyl (C=O) groups excluding carboxylic acids is 1. The van der Waals surface area contributed by atoms with Crippen LogP contribution in [0, 0.1) is 0 Å². The van der Waals surface area contributed by atoms with Gasteiger partial charge >= 0.3 is 0 Å². The number of aromatic nitrogens is 5. The highest BCUT2D eigenvalue weighted by Gasteiger charge is 2.16. The van der Waals surface area contributed by atoms with Crippen LogP contribution in [0.25, 0.3) is 16.2 Å². The summed E-state index contributed by atoms with van der Waals surface area (Å²) in [5.41, 5.74) is 3.82. The summed E-state index contributed by atoms with van der Waals surface area (Å²) in [7, 11) is 3.22. The third-order valence-corrected chi connectivity index (χ3v) is 6.45. The Labute approximate surface area is 209 Å². The largest absolute Gasteiger partial charge is 0.497 e. The first-order valence-corrected chi connectivity index (χ1v) is 11.9. The average molecular weight is 509 g/mol. The Hall–Kier alpha value is -3.89. The minimum absolute atomic E-state index is 0.219. The molecule has 1 amide bonds. The topological polar surface area (TPSA) is 95.6 Å². The first-order chi connectivity index (χ1) is 17.0. The molecule has 0 atom stereocenters. The van der Waals surface area contributed by atoms with Crippen molar-refractivity contribution in [2.75, 3.05) is 14.2 Å². The number of amides is 1. The van der Waals surface area contributed by atoms with Gasteiger partial charge in [-0.3, -0.25) is 9.20 Å². The molecule has 0 bridgehead atoms. The highest BCUT2D eigenvalue weighted by Crippen LogP contribution is 2.25. The smallest absolute Gasteiger partial charge is 0.269 e. The van der Waals surface area contributed by atoms with Crippen LogP contribution in [0.5, 0.6) is 11.5 Å². The van der Waals surface area contributed by atoms with Crippen molar-refractivity contribution in [2.45, 2.75) is 13.1 Å². The minimum atomic E-state index is -0.219. The van der Waals surface area contributed by atoms with E-state index in [9.17, 15) is 4.79 Å². The first-order valence-electron chi connectivity index (χ1n) is 10.6. The molecule has 5 aromatic rings. The number of rotatable bonds is 8. The van der Waals surface area contributed by atoms with Gasteiger partial charge in [0.25, 0.3) is 5.91 Å². The van der Waals surface area contributed by atoms with E-state index in [4.69, 9.17) is 21.1 Å². The molecule has 3 heterocycles. The van der Waals surface area contributed by atoms with Gasteiger partial charge in [0.2, 0.25) is 0 Å². The van der Waals surface area contributed by atoms with Gasteiger partial charge in [0.15, 0.2) is 4.96 Å². The van der Waals surface area contributed by atoms with E-state index in [0.717, 1.165) is 21.8 Å². The molecule has 0 aliphatic heterocycles. The molecule has 5 rings (SSSR count). The van der Waals surface area contributed by atoms with Crippen LogP contribution in [-0.2, 0) is 13.1 Å². The second kappa shape index (κ2) is 9.77. The van der Waals surface area contributed by atoms with Crippen LogP contribution in [0.2, 0.25) is 5.02 Å². The molecule has 0 fully saturated rings. The Balaban J connectivity index is 1.25. The summed E-state index contributed by atoms with van der Waals surface area (Å²) in [5, 5.41) is 13.7. The number of ether oxygens (including phenoxy) is 2. The molecule has 1 N–H and O–H groups in total. The quantitative estimate of drug-likeness (QED) is 0.336. The van der Waals surface area contributed by atoms with Crippen molar-refractivity contribution in [3.05, 3.63) is 82.2 Å². The third-order valence-electron chi connectivity index (χ3n) is 5.35. The van der Waals surface area contributed by atoms with Gasteiger partial charge in [-0.2, -0.15) is 0 Å². The lowest BCUT2D eigenvalue weighted by Crippen LogP contribution is -2.24. The monoisotopic (exact) mass is 508 g/mol. The van der Waals surface area contributed by atoms with Gasteiger partial charge < -0.3 is 14.8 Å². The second-order valence-corrected chi connectivity index (χ2v) is 8.99. The molecule has 9 nitrogen and oxygen atoms in total. The van der Waals surface area contributed by atoms with E-state index in [0.29, 0.717) is 34.5 Å². The molecular weight excluding hydrogens is 488 g/mol. The number of thiazole rings is 1. The maximum Gasteiger partial charge on any atom is 0.269 e. The van der Waals surface area contributed by atoms with E-state index in [1.54, 1.807) is 34.9 Å². The Bertz CT molecular complexity index is 1470. The van der Waals surface area contributed by atoms with Gasteiger partial charge in [-0.1, -0.05) is 28.9 Å². The molecule has 3 aromatic heterocycles. The van der Waals surface area contributed by atoms with Crippen LogP contribution in [0.4, 0.5) is 0 Å². The highest BCUT2D eigenvalue weighted by molar-refractivity contribution is 7.15. The van der Waals surface area contributed by atoms with Gasteiger partial charge in [-0.05, 0) is 29.8 Å². The van der Waals surface area contributed by atoms with Crippen molar-refractivity contribution in [1.29, 1.82) is 0 Å². The number of fused-ring (bicyclic) bond motifs is 1. The lowest BCUT2D eigenvalue weighted by atomic mass is 10.2. The zero-order valence-corrected chi connectivity index (χ0v) is 20.5. The average Bonchev–Trinajstić information content (AvgIpc) is 3.59. The molecule has 0 saturated carbocycles. The molecule has 178 valence electrons. The van der Waals surface area contributed by atoms with Crippen molar-refractivity contribution in [3.8, 4) is 22.8 Å². The fraction of sp³-hybridized carbons (Fsp3) is 0.167. The maximum absolute atomic E-state index is 12.9. The van der Waals surface area contributed by atoms with Crippen LogP contribution in [0.3, 0.4) is 0 Å². The number of hydrogen-bond acceptors (Lipinski definition) is 7. The molecule has 0 unspecified atom stereocenters. The summed E-state index contributed by atoms with van der Waals surface area (Å²) in [6.45, 7) is 0.735. The number of hydrogen-bond donors (Lipinski definition) is 1. The van der Waals surface area contributed by atoms with E-state index in [-0.39, 0.29) is 12.5 Å². The summed E-state index contributed by atoms with van der Waals surface area (Å²) in [6.07, 6.45) is 3.65. The van der Waals surface area contributed by atoms with Crippen LogP contribution < -0.4 is 14.8 Å². The van der Waals surface area contributed by atoms with Gasteiger partial charge in [-0.15, -0.1) is 16.4 Å². The SMILES string of the molecule is COc1cc(Cn2cc(CNC(=O)c3csc4nc(-c5ccc(Cl)cc5)cn34)nn2)cc(OC)c1. The van der Waals surface area contributed by atoms with E-state index in [1.807, 2.05) is 48.7 Å². The number of methoxy groups -OCH3 is 2. The Morgan fingerprint density at radius 3 is 2.54 bits per heavy atom. The van der Waals surface area contributed by atoms with E-state index >= 15 is 0 Å². The number of nitrogens with zero attached hydrogens (tertiary/aromatic N) is 5. The van der Waals surface area contributed by atoms with Crippen molar-refractivity contribution in [3.63, 3.8) is 0 Å². The normalized spacial score (nSPS) is 11.1. The molecule has 0 aliphatic rings. The van der Waals surface area contributed by atoms with Gasteiger partial charge in [0.05, 0.1) is 39.2 Å². The molecule has 2 aromatic carbocycles. The fourth-order valence-electron chi connectivity index (χ4n) is 3.61. The van der Waals surface area contributed by atoms with E-state index < -0.39 is 0 Å². The first kappa shape index (κ1) is 22.9. The lowest BCUT2D eigenvalue weighted by Gasteiger charge is -2.08. The zero-order chi connectivity index (χ0) is 24.4. The van der Waals surface area contributed by atoms with Crippen molar-refractivity contribution in [2.24, 2.45) is 0 Å². The molecule has 0 spiro atoms. The number of nitrogens with one attached hydrogen (secondary N) is 1. The van der Waals surface area contributed by atoms with Crippen molar-refractivity contribution >= 4 is 33.8 Å². The molecule has 11 heteroatoms. The number of carbonyl (C=O) groups is 1.